The number of nitrogens with zero attached hydrogens (tertiary/aromatic N) is 1. The van der Waals surface area contributed by atoms with Crippen LogP contribution in [-0.2, 0) is 16.2 Å². The van der Waals surface area contributed by atoms with Gasteiger partial charge in [-0.05, 0) is 55.0 Å². The summed E-state index contributed by atoms with van der Waals surface area (Å²) in [5.74, 6) is 0.0394. The van der Waals surface area contributed by atoms with E-state index in [1.54, 1.807) is 55.5 Å². The molecule has 2 amide bonds. The minimum atomic E-state index is -0.950. The van der Waals surface area contributed by atoms with Crippen molar-refractivity contribution in [1.82, 2.24) is 5.43 Å². The van der Waals surface area contributed by atoms with Gasteiger partial charge in [0.15, 0.2) is 11.5 Å². The van der Waals surface area contributed by atoms with Crippen LogP contribution in [0.5, 0.6) is 23.0 Å². The molecule has 0 spiro atoms. The molecule has 188 valence electrons. The Labute approximate surface area is 214 Å². The van der Waals surface area contributed by atoms with Crippen LogP contribution in [0.3, 0.4) is 0 Å². The van der Waals surface area contributed by atoms with Gasteiger partial charge in [0.25, 0.3) is 0 Å². The average Bonchev–Trinajstić information content (AvgIpc) is 2.90. The summed E-state index contributed by atoms with van der Waals surface area (Å²) in [6.07, 6.45) is 0. The molecule has 0 aliphatic heterocycles. The molecule has 3 aromatic rings. The predicted molar refractivity (Wildman–Crippen MR) is 137 cm³/mol. The van der Waals surface area contributed by atoms with Crippen LogP contribution in [0.2, 0.25) is 5.02 Å². The number of carbonyl (C=O) groups excluding carboxylic acids is 2. The lowest BCUT2D eigenvalue weighted by Crippen LogP contribution is -2.33. The third-order valence-electron chi connectivity index (χ3n) is 5.08. The Morgan fingerprint density at radius 1 is 0.833 bits per heavy atom. The van der Waals surface area contributed by atoms with Crippen LogP contribution in [0.1, 0.15) is 18.1 Å². The van der Waals surface area contributed by atoms with E-state index in [0.717, 1.165) is 5.56 Å². The molecule has 0 aromatic heterocycles. The lowest BCUT2D eigenvalue weighted by molar-refractivity contribution is -0.136. The smallest absolute Gasteiger partial charge is 0.329 e. The molecule has 0 aliphatic rings. The summed E-state index contributed by atoms with van der Waals surface area (Å²) in [5.41, 5.74) is 4.62. The fourth-order valence-electron chi connectivity index (χ4n) is 3.09. The lowest BCUT2D eigenvalue weighted by Gasteiger charge is -2.13. The van der Waals surface area contributed by atoms with Crippen molar-refractivity contribution in [3.05, 3.63) is 76.8 Å². The number of anilines is 1. The van der Waals surface area contributed by atoms with Crippen molar-refractivity contribution >= 4 is 34.8 Å². The number of carbonyl (C=O) groups is 2. The zero-order valence-corrected chi connectivity index (χ0v) is 21.0. The minimum absolute atomic E-state index is 0.289. The molecule has 9 nitrogen and oxygen atoms in total. The second kappa shape index (κ2) is 12.5. The summed E-state index contributed by atoms with van der Waals surface area (Å²) in [5, 5.41) is 7.17. The second-order valence-corrected chi connectivity index (χ2v) is 7.88. The van der Waals surface area contributed by atoms with Gasteiger partial charge in [0, 0.05) is 16.7 Å². The summed E-state index contributed by atoms with van der Waals surface area (Å²) in [6.45, 7) is 2.02. The topological polar surface area (TPSA) is 107 Å². The van der Waals surface area contributed by atoms with Crippen molar-refractivity contribution in [1.29, 1.82) is 0 Å². The van der Waals surface area contributed by atoms with Crippen molar-refractivity contribution in [2.45, 2.75) is 13.5 Å². The summed E-state index contributed by atoms with van der Waals surface area (Å²) < 4.78 is 21.6. The standard InChI is InChI=1S/C26H26ClN3O6/c1-16(29-30-26(32)25(31)28-21-14-20(33-2)10-12-22(21)34-3)18-7-11-23(24(13-18)35-4)36-15-17-5-8-19(27)9-6-17/h5-14H,15H2,1-4H3,(H,28,31)(H,30,32)/b29-16+. The third-order valence-corrected chi connectivity index (χ3v) is 5.33. The molecule has 36 heavy (non-hydrogen) atoms. The SMILES string of the molecule is COc1ccc(OC)c(NC(=O)C(=O)N/N=C(\C)c2ccc(OCc3ccc(Cl)cc3)c(OC)c2)c1. The van der Waals surface area contributed by atoms with Gasteiger partial charge in [0.05, 0.1) is 32.7 Å². The molecule has 0 saturated heterocycles. The van der Waals surface area contributed by atoms with Gasteiger partial charge in [0.1, 0.15) is 18.1 Å². The van der Waals surface area contributed by atoms with Crippen molar-refractivity contribution < 1.29 is 28.5 Å². The van der Waals surface area contributed by atoms with Crippen LogP contribution in [-0.4, -0.2) is 38.9 Å². The zero-order chi connectivity index (χ0) is 26.1. The highest BCUT2D eigenvalue weighted by Crippen LogP contribution is 2.30. The highest BCUT2D eigenvalue weighted by atomic mass is 35.5. The predicted octanol–water partition coefficient (Wildman–Crippen LogP) is 4.42. The van der Waals surface area contributed by atoms with E-state index in [0.29, 0.717) is 45.9 Å². The number of nitrogens with one attached hydrogen (secondary N) is 2. The molecule has 0 heterocycles. The van der Waals surface area contributed by atoms with Crippen LogP contribution >= 0.6 is 11.6 Å². The molecule has 0 bridgehead atoms. The maximum Gasteiger partial charge on any atom is 0.329 e. The highest BCUT2D eigenvalue weighted by molar-refractivity contribution is 6.39. The maximum atomic E-state index is 12.3. The molecule has 0 radical (unpaired) electrons. The van der Waals surface area contributed by atoms with E-state index < -0.39 is 11.8 Å². The van der Waals surface area contributed by atoms with Crippen LogP contribution in [0.25, 0.3) is 0 Å². The Kier molecular flexibility index (Phi) is 9.13. The number of halogens is 1. The number of hydrogen-bond acceptors (Lipinski definition) is 7. The molecule has 3 rings (SSSR count). The van der Waals surface area contributed by atoms with E-state index in [2.05, 4.69) is 15.8 Å². The summed E-state index contributed by atoms with van der Waals surface area (Å²) in [7, 11) is 4.47. The number of ether oxygens (including phenoxy) is 4. The molecule has 0 aliphatic carbocycles. The first kappa shape index (κ1) is 26.4. The van der Waals surface area contributed by atoms with Crippen molar-refractivity contribution in [2.75, 3.05) is 26.6 Å². The van der Waals surface area contributed by atoms with E-state index in [9.17, 15) is 9.59 Å². The van der Waals surface area contributed by atoms with Gasteiger partial charge in [-0.2, -0.15) is 5.10 Å². The van der Waals surface area contributed by atoms with Gasteiger partial charge in [-0.3, -0.25) is 9.59 Å². The molecule has 3 aromatic carbocycles. The minimum Gasteiger partial charge on any atom is -0.497 e. The zero-order valence-electron chi connectivity index (χ0n) is 20.3. The van der Waals surface area contributed by atoms with Crippen molar-refractivity contribution in [2.24, 2.45) is 5.10 Å². The Morgan fingerprint density at radius 2 is 1.53 bits per heavy atom. The van der Waals surface area contributed by atoms with Crippen LogP contribution in [0.4, 0.5) is 5.69 Å². The number of hydrazone groups is 1. The van der Waals surface area contributed by atoms with Gasteiger partial charge in [0.2, 0.25) is 0 Å². The first-order valence-corrected chi connectivity index (χ1v) is 11.2. The normalized spacial score (nSPS) is 10.9. The molecular formula is C26H26ClN3O6. The van der Waals surface area contributed by atoms with Crippen LogP contribution in [0.15, 0.2) is 65.8 Å². The molecule has 10 heteroatoms. The van der Waals surface area contributed by atoms with E-state index >= 15 is 0 Å². The molecule has 0 unspecified atom stereocenters. The average molecular weight is 512 g/mol. The largest absolute Gasteiger partial charge is 0.497 e. The van der Waals surface area contributed by atoms with Crippen molar-refractivity contribution in [3.63, 3.8) is 0 Å². The fourth-order valence-corrected chi connectivity index (χ4v) is 3.22. The number of methoxy groups -OCH3 is 3. The highest BCUT2D eigenvalue weighted by Gasteiger charge is 2.17. The van der Waals surface area contributed by atoms with E-state index in [4.69, 9.17) is 30.5 Å². The summed E-state index contributed by atoms with van der Waals surface area (Å²) in [4.78, 5) is 24.6. The first-order chi connectivity index (χ1) is 17.3. The van der Waals surface area contributed by atoms with Crippen molar-refractivity contribution in [3.8, 4) is 23.0 Å². The third kappa shape index (κ3) is 6.89. The molecule has 0 fully saturated rings. The molecule has 0 saturated carbocycles. The van der Waals surface area contributed by atoms with Gasteiger partial charge >= 0.3 is 11.8 Å². The van der Waals surface area contributed by atoms with Gasteiger partial charge in [-0.25, -0.2) is 5.43 Å². The van der Waals surface area contributed by atoms with Gasteiger partial charge in [-0.15, -0.1) is 0 Å². The fraction of sp³-hybridized carbons (Fsp3) is 0.192. The van der Waals surface area contributed by atoms with Crippen LogP contribution in [0, 0.1) is 0 Å². The number of rotatable bonds is 9. The Hall–Kier alpha value is -4.24. The van der Waals surface area contributed by atoms with Crippen LogP contribution < -0.4 is 29.7 Å². The summed E-state index contributed by atoms with van der Waals surface area (Å²) >= 11 is 5.92. The lowest BCUT2D eigenvalue weighted by atomic mass is 10.1. The Bertz CT molecular complexity index is 1260. The Morgan fingerprint density at radius 3 is 2.19 bits per heavy atom. The quantitative estimate of drug-likeness (QED) is 0.250. The molecular weight excluding hydrogens is 486 g/mol. The Balaban J connectivity index is 1.64. The van der Waals surface area contributed by atoms with E-state index in [-0.39, 0.29) is 5.69 Å². The second-order valence-electron chi connectivity index (χ2n) is 7.44. The van der Waals surface area contributed by atoms with Gasteiger partial charge < -0.3 is 24.3 Å². The number of benzene rings is 3. The number of amides is 2. The molecule has 0 atom stereocenters. The van der Waals surface area contributed by atoms with Gasteiger partial charge in [-0.1, -0.05) is 23.7 Å². The monoisotopic (exact) mass is 511 g/mol. The van der Waals surface area contributed by atoms with E-state index in [1.807, 2.05) is 12.1 Å². The first-order valence-electron chi connectivity index (χ1n) is 10.8. The maximum absolute atomic E-state index is 12.3. The molecule has 2 N–H and O–H groups in total. The number of hydrogen-bond donors (Lipinski definition) is 2. The summed E-state index contributed by atoms with van der Waals surface area (Å²) in [6, 6.07) is 17.4. The van der Waals surface area contributed by atoms with E-state index in [1.165, 1.54) is 21.3 Å².